The Morgan fingerprint density at radius 1 is 1.25 bits per heavy atom. The van der Waals surface area contributed by atoms with Gasteiger partial charge in [-0.25, -0.2) is 4.39 Å². The Bertz CT molecular complexity index is 382. The SMILES string of the molecule is Nc1cc(F)cc(S(=O)(=O)F)c1. The van der Waals surface area contributed by atoms with Gasteiger partial charge >= 0.3 is 10.2 Å². The van der Waals surface area contributed by atoms with Crippen LogP contribution in [0.1, 0.15) is 0 Å². The summed E-state index contributed by atoms with van der Waals surface area (Å²) in [5.41, 5.74) is 4.95. The lowest BCUT2D eigenvalue weighted by molar-refractivity contribution is 0.549. The van der Waals surface area contributed by atoms with E-state index in [1.165, 1.54) is 0 Å². The van der Waals surface area contributed by atoms with Crippen LogP contribution in [0.4, 0.5) is 14.0 Å². The van der Waals surface area contributed by atoms with Crippen LogP contribution in [-0.2, 0) is 10.2 Å². The Hall–Kier alpha value is -1.17. The lowest BCUT2D eigenvalue weighted by atomic mass is 10.3. The fourth-order valence-corrected chi connectivity index (χ4v) is 1.26. The lowest BCUT2D eigenvalue weighted by Crippen LogP contribution is -1.95. The first kappa shape index (κ1) is 8.92. The summed E-state index contributed by atoms with van der Waals surface area (Å²) in [6.07, 6.45) is 0. The van der Waals surface area contributed by atoms with Crippen LogP contribution in [0.25, 0.3) is 0 Å². The van der Waals surface area contributed by atoms with Crippen molar-refractivity contribution in [2.45, 2.75) is 4.90 Å². The number of nitrogens with two attached hydrogens (primary N) is 1. The second-order valence-corrected chi connectivity index (χ2v) is 3.51. The van der Waals surface area contributed by atoms with Crippen molar-refractivity contribution in [3.8, 4) is 0 Å². The van der Waals surface area contributed by atoms with Crippen molar-refractivity contribution < 1.29 is 16.7 Å². The van der Waals surface area contributed by atoms with Crippen LogP contribution >= 0.6 is 0 Å². The van der Waals surface area contributed by atoms with Gasteiger partial charge < -0.3 is 5.73 Å². The van der Waals surface area contributed by atoms with Crippen molar-refractivity contribution in [2.75, 3.05) is 5.73 Å². The average molecular weight is 193 g/mol. The van der Waals surface area contributed by atoms with E-state index in [1.54, 1.807) is 0 Å². The summed E-state index contributed by atoms with van der Waals surface area (Å²) in [5.74, 6) is -0.883. The predicted octanol–water partition coefficient (Wildman–Crippen LogP) is 1.07. The zero-order chi connectivity index (χ0) is 9.35. The van der Waals surface area contributed by atoms with Crippen LogP contribution in [0, 0.1) is 5.82 Å². The molecule has 0 unspecified atom stereocenters. The van der Waals surface area contributed by atoms with Gasteiger partial charge in [0, 0.05) is 5.69 Å². The van der Waals surface area contributed by atoms with Crippen LogP contribution in [-0.4, -0.2) is 8.42 Å². The molecule has 0 aliphatic rings. The van der Waals surface area contributed by atoms with Crippen LogP contribution in [0.5, 0.6) is 0 Å². The van der Waals surface area contributed by atoms with Gasteiger partial charge in [0.15, 0.2) is 0 Å². The highest BCUT2D eigenvalue weighted by molar-refractivity contribution is 7.86. The molecule has 0 bridgehead atoms. The van der Waals surface area contributed by atoms with Crippen molar-refractivity contribution in [2.24, 2.45) is 0 Å². The van der Waals surface area contributed by atoms with Gasteiger partial charge in [-0.3, -0.25) is 0 Å². The lowest BCUT2D eigenvalue weighted by Gasteiger charge is -1.97. The van der Waals surface area contributed by atoms with Crippen molar-refractivity contribution in [3.63, 3.8) is 0 Å². The molecule has 66 valence electrons. The maximum Gasteiger partial charge on any atom is 0.332 e. The first-order valence-electron chi connectivity index (χ1n) is 2.90. The fourth-order valence-electron chi connectivity index (χ4n) is 0.725. The quantitative estimate of drug-likeness (QED) is 0.536. The van der Waals surface area contributed by atoms with E-state index in [9.17, 15) is 16.7 Å². The Labute approximate surface area is 68.0 Å². The number of anilines is 1. The van der Waals surface area contributed by atoms with Crippen LogP contribution in [0.3, 0.4) is 0 Å². The van der Waals surface area contributed by atoms with E-state index in [-0.39, 0.29) is 5.69 Å². The van der Waals surface area contributed by atoms with Gasteiger partial charge in [0.05, 0.1) is 0 Å². The molecule has 2 N–H and O–H groups in total. The Morgan fingerprint density at radius 3 is 2.25 bits per heavy atom. The van der Waals surface area contributed by atoms with E-state index < -0.39 is 20.9 Å². The number of hydrogen-bond donors (Lipinski definition) is 1. The number of rotatable bonds is 1. The summed E-state index contributed by atoms with van der Waals surface area (Å²) in [4.78, 5) is -0.764. The van der Waals surface area contributed by atoms with E-state index >= 15 is 0 Å². The number of hydrogen-bond acceptors (Lipinski definition) is 3. The monoisotopic (exact) mass is 193 g/mol. The number of halogens is 2. The van der Waals surface area contributed by atoms with Gasteiger partial charge in [-0.05, 0) is 18.2 Å². The van der Waals surface area contributed by atoms with E-state index in [1.807, 2.05) is 0 Å². The zero-order valence-corrected chi connectivity index (χ0v) is 6.61. The molecule has 1 aromatic rings. The Morgan fingerprint density at radius 2 is 1.83 bits per heavy atom. The zero-order valence-electron chi connectivity index (χ0n) is 5.79. The predicted molar refractivity (Wildman–Crippen MR) is 39.1 cm³/mol. The first-order valence-corrected chi connectivity index (χ1v) is 4.28. The molecule has 1 rings (SSSR count). The maximum absolute atomic E-state index is 12.4. The second-order valence-electron chi connectivity index (χ2n) is 2.16. The maximum atomic E-state index is 12.4. The van der Waals surface area contributed by atoms with Gasteiger partial charge in [-0.15, -0.1) is 3.89 Å². The third-order valence-electron chi connectivity index (χ3n) is 1.18. The van der Waals surface area contributed by atoms with Crippen LogP contribution < -0.4 is 5.73 Å². The molecule has 0 atom stereocenters. The summed E-state index contributed by atoms with van der Waals surface area (Å²) in [6.45, 7) is 0. The summed E-state index contributed by atoms with van der Waals surface area (Å²) in [7, 11) is -4.87. The molecule has 0 aliphatic carbocycles. The summed E-state index contributed by atoms with van der Waals surface area (Å²) < 4.78 is 45.2. The third kappa shape index (κ3) is 1.91. The summed E-state index contributed by atoms with van der Waals surface area (Å²) >= 11 is 0. The molecule has 12 heavy (non-hydrogen) atoms. The molecule has 0 heterocycles. The highest BCUT2D eigenvalue weighted by Crippen LogP contribution is 2.17. The molecular weight excluding hydrogens is 188 g/mol. The second kappa shape index (κ2) is 2.71. The van der Waals surface area contributed by atoms with Crippen LogP contribution in [0.15, 0.2) is 23.1 Å². The van der Waals surface area contributed by atoms with Gasteiger partial charge in [-0.1, -0.05) is 0 Å². The van der Waals surface area contributed by atoms with E-state index in [2.05, 4.69) is 0 Å². The van der Waals surface area contributed by atoms with Crippen molar-refractivity contribution in [1.82, 2.24) is 0 Å². The molecule has 0 saturated heterocycles. The molecule has 0 amide bonds. The molecule has 3 nitrogen and oxygen atoms in total. The molecule has 0 aliphatic heterocycles. The minimum Gasteiger partial charge on any atom is -0.399 e. The Kier molecular flexibility index (Phi) is 2.01. The molecule has 0 spiro atoms. The van der Waals surface area contributed by atoms with Crippen molar-refractivity contribution >= 4 is 15.9 Å². The van der Waals surface area contributed by atoms with Crippen LogP contribution in [0.2, 0.25) is 0 Å². The summed E-state index contributed by atoms with van der Waals surface area (Å²) in [5, 5.41) is 0. The smallest absolute Gasteiger partial charge is 0.332 e. The largest absolute Gasteiger partial charge is 0.399 e. The van der Waals surface area contributed by atoms with E-state index in [0.29, 0.717) is 6.07 Å². The fraction of sp³-hybridized carbons (Fsp3) is 0. The number of benzene rings is 1. The molecule has 0 fully saturated rings. The number of nitrogen functional groups attached to an aromatic ring is 1. The first-order chi connectivity index (χ1) is 5.39. The molecule has 6 heteroatoms. The molecule has 0 radical (unpaired) electrons. The minimum absolute atomic E-state index is 0.133. The standard InChI is InChI=1S/C6H5F2NO2S/c7-4-1-5(9)3-6(2-4)12(8,10)11/h1-3H,9H2. The van der Waals surface area contributed by atoms with Crippen molar-refractivity contribution in [3.05, 3.63) is 24.0 Å². The highest BCUT2D eigenvalue weighted by Gasteiger charge is 2.13. The van der Waals surface area contributed by atoms with Gasteiger partial charge in [0.2, 0.25) is 0 Å². The average Bonchev–Trinajstić information content (AvgIpc) is 1.82. The van der Waals surface area contributed by atoms with E-state index in [4.69, 9.17) is 5.73 Å². The minimum atomic E-state index is -4.87. The normalized spacial score (nSPS) is 11.5. The highest BCUT2D eigenvalue weighted by atomic mass is 32.3. The molecular formula is C6H5F2NO2S. The van der Waals surface area contributed by atoms with Gasteiger partial charge in [0.25, 0.3) is 0 Å². The molecule has 0 aromatic heterocycles. The Balaban J connectivity index is 3.37. The topological polar surface area (TPSA) is 60.2 Å². The third-order valence-corrected chi connectivity index (χ3v) is 1.97. The summed E-state index contributed by atoms with van der Waals surface area (Å²) in [6, 6.07) is 2.30. The molecule has 1 aromatic carbocycles. The molecule has 0 saturated carbocycles. The van der Waals surface area contributed by atoms with E-state index in [0.717, 1.165) is 12.1 Å². The van der Waals surface area contributed by atoms with Gasteiger partial charge in [-0.2, -0.15) is 8.42 Å². The van der Waals surface area contributed by atoms with Crippen molar-refractivity contribution in [1.29, 1.82) is 0 Å². The van der Waals surface area contributed by atoms with Gasteiger partial charge in [0.1, 0.15) is 10.7 Å².